The van der Waals surface area contributed by atoms with Crippen LogP contribution in [-0.2, 0) is 4.74 Å². The van der Waals surface area contributed by atoms with Gasteiger partial charge in [-0.05, 0) is 103 Å². The van der Waals surface area contributed by atoms with E-state index in [0.717, 1.165) is 48.3 Å². The third kappa shape index (κ3) is 4.71. The van der Waals surface area contributed by atoms with Crippen molar-refractivity contribution in [1.29, 1.82) is 0 Å². The maximum atomic E-state index is 13.0. The molecule has 0 radical (unpaired) electrons. The van der Waals surface area contributed by atoms with Crippen LogP contribution in [0.25, 0.3) is 0 Å². The molecular weight excluding hydrogens is 464 g/mol. The predicted octanol–water partition coefficient (Wildman–Crippen LogP) is 9.89. The monoisotopic (exact) mass is 518 g/mol. The van der Waals surface area contributed by atoms with Crippen LogP contribution in [0.15, 0.2) is 42.0 Å². The number of esters is 1. The van der Waals surface area contributed by atoms with Crippen molar-refractivity contribution in [2.24, 2.45) is 51.8 Å². The van der Waals surface area contributed by atoms with E-state index in [2.05, 4.69) is 54.5 Å². The van der Waals surface area contributed by atoms with E-state index >= 15 is 0 Å². The zero-order chi connectivity index (χ0) is 27.3. The van der Waals surface area contributed by atoms with Crippen molar-refractivity contribution in [2.75, 3.05) is 0 Å². The Hall–Kier alpha value is -1.57. The van der Waals surface area contributed by atoms with Crippen molar-refractivity contribution in [1.82, 2.24) is 0 Å². The van der Waals surface area contributed by atoms with Gasteiger partial charge in [-0.15, -0.1) is 0 Å². The standard InChI is InChI=1S/C36H54O2/c1-24(2)12-11-13-25(3)28-17-18-29-27-16-19-31-34(4,5)32(38-33(37)26-14-9-8-10-15-26)21-23-36(31,7)30(27)20-22-35(28,29)6/h8-10,14-15,19,24-25,27-30,32H,11-13,16-18,20-23H2,1-7H3/t25-,27+,28-,29+,30+,32+,35-,36-/m1/s1. The lowest BCUT2D eigenvalue weighted by Gasteiger charge is -2.61. The van der Waals surface area contributed by atoms with E-state index in [4.69, 9.17) is 4.74 Å². The molecule has 3 fully saturated rings. The summed E-state index contributed by atoms with van der Waals surface area (Å²) < 4.78 is 6.22. The van der Waals surface area contributed by atoms with Gasteiger partial charge in [0, 0.05) is 5.41 Å². The number of carbonyl (C=O) groups is 1. The van der Waals surface area contributed by atoms with Crippen LogP contribution in [-0.4, -0.2) is 12.1 Å². The molecule has 0 N–H and O–H groups in total. The molecule has 8 atom stereocenters. The summed E-state index contributed by atoms with van der Waals surface area (Å²) in [6.45, 7) is 17.3. The zero-order valence-corrected chi connectivity index (χ0v) is 25.4. The third-order valence-corrected chi connectivity index (χ3v) is 12.3. The molecule has 0 spiro atoms. The van der Waals surface area contributed by atoms with Crippen LogP contribution in [0.4, 0.5) is 0 Å². The molecule has 2 nitrogen and oxygen atoms in total. The summed E-state index contributed by atoms with van der Waals surface area (Å²) in [5.74, 6) is 4.91. The fourth-order valence-corrected chi connectivity index (χ4v) is 10.4. The fourth-order valence-electron chi connectivity index (χ4n) is 10.4. The molecule has 1 aromatic rings. The normalized spacial score (nSPS) is 38.5. The summed E-state index contributed by atoms with van der Waals surface area (Å²) >= 11 is 0. The highest BCUT2D eigenvalue weighted by Gasteiger charge is 2.61. The molecule has 0 unspecified atom stereocenters. The minimum Gasteiger partial charge on any atom is -0.458 e. The average molecular weight is 519 g/mol. The van der Waals surface area contributed by atoms with E-state index < -0.39 is 0 Å². The molecule has 210 valence electrons. The second kappa shape index (κ2) is 10.4. The molecule has 0 amide bonds. The van der Waals surface area contributed by atoms with Gasteiger partial charge in [0.25, 0.3) is 0 Å². The van der Waals surface area contributed by atoms with Gasteiger partial charge in [0.05, 0.1) is 5.56 Å². The van der Waals surface area contributed by atoms with Crippen molar-refractivity contribution in [3.8, 4) is 0 Å². The first kappa shape index (κ1) is 28.0. The number of carbonyl (C=O) groups excluding carboxylic acids is 1. The topological polar surface area (TPSA) is 26.3 Å². The van der Waals surface area contributed by atoms with Gasteiger partial charge in [0.2, 0.25) is 0 Å². The van der Waals surface area contributed by atoms with Crippen LogP contribution in [0.2, 0.25) is 0 Å². The Bertz CT molecular complexity index is 1020. The highest BCUT2D eigenvalue weighted by atomic mass is 16.5. The Morgan fingerprint density at radius 1 is 0.921 bits per heavy atom. The summed E-state index contributed by atoms with van der Waals surface area (Å²) in [6, 6.07) is 9.52. The predicted molar refractivity (Wildman–Crippen MR) is 158 cm³/mol. The van der Waals surface area contributed by atoms with Crippen LogP contribution in [0.3, 0.4) is 0 Å². The van der Waals surface area contributed by atoms with Gasteiger partial charge in [-0.1, -0.05) is 97.6 Å². The average Bonchev–Trinajstić information content (AvgIpc) is 3.23. The molecular formula is C36H54O2. The van der Waals surface area contributed by atoms with Gasteiger partial charge in [0.15, 0.2) is 0 Å². The number of allylic oxidation sites excluding steroid dienone is 1. The smallest absolute Gasteiger partial charge is 0.338 e. The molecule has 4 aliphatic rings. The summed E-state index contributed by atoms with van der Waals surface area (Å²) in [5, 5.41) is 0. The van der Waals surface area contributed by atoms with Gasteiger partial charge in [-0.2, -0.15) is 0 Å². The highest BCUT2D eigenvalue weighted by Crippen LogP contribution is 2.69. The van der Waals surface area contributed by atoms with Crippen molar-refractivity contribution >= 4 is 5.97 Å². The van der Waals surface area contributed by atoms with E-state index in [1.54, 1.807) is 5.57 Å². The largest absolute Gasteiger partial charge is 0.458 e. The molecule has 5 rings (SSSR count). The Labute approximate surface area is 233 Å². The third-order valence-electron chi connectivity index (χ3n) is 12.3. The van der Waals surface area contributed by atoms with Gasteiger partial charge < -0.3 is 4.74 Å². The number of benzene rings is 1. The molecule has 3 saturated carbocycles. The van der Waals surface area contributed by atoms with Crippen molar-refractivity contribution in [2.45, 2.75) is 119 Å². The van der Waals surface area contributed by atoms with E-state index in [0.29, 0.717) is 11.0 Å². The number of ether oxygens (including phenoxy) is 1. The zero-order valence-electron chi connectivity index (χ0n) is 25.4. The molecule has 0 heterocycles. The second-order valence-corrected chi connectivity index (χ2v) is 15.2. The van der Waals surface area contributed by atoms with E-state index in [9.17, 15) is 4.79 Å². The molecule has 0 saturated heterocycles. The second-order valence-electron chi connectivity index (χ2n) is 15.2. The van der Waals surface area contributed by atoms with Crippen LogP contribution in [0.1, 0.15) is 123 Å². The van der Waals surface area contributed by atoms with Gasteiger partial charge >= 0.3 is 5.97 Å². The van der Waals surface area contributed by atoms with Crippen molar-refractivity contribution in [3.05, 3.63) is 47.5 Å². The van der Waals surface area contributed by atoms with E-state index in [1.165, 1.54) is 51.4 Å². The number of fused-ring (bicyclic) bond motifs is 5. The molecule has 0 bridgehead atoms. The maximum Gasteiger partial charge on any atom is 0.338 e. The van der Waals surface area contributed by atoms with Crippen LogP contribution in [0.5, 0.6) is 0 Å². The summed E-state index contributed by atoms with van der Waals surface area (Å²) in [7, 11) is 0. The SMILES string of the molecule is CC(C)CCC[C@@H](C)[C@H]1CC[C@H]2[C@@H]3CC=C4C(C)(C)[C@@H](OC(=O)c5ccccc5)CC[C@]4(C)[C@H]3CC[C@]12C. The maximum absolute atomic E-state index is 13.0. The Balaban J connectivity index is 1.32. The van der Waals surface area contributed by atoms with Gasteiger partial charge in [-0.3, -0.25) is 0 Å². The molecule has 0 aliphatic heterocycles. The molecule has 4 aliphatic carbocycles. The lowest BCUT2D eigenvalue weighted by Crippen LogP contribution is -2.55. The Morgan fingerprint density at radius 3 is 2.37 bits per heavy atom. The first-order chi connectivity index (χ1) is 18.0. The summed E-state index contributed by atoms with van der Waals surface area (Å²) in [5.41, 5.74) is 2.90. The summed E-state index contributed by atoms with van der Waals surface area (Å²) in [6.07, 6.45) is 15.8. The molecule has 38 heavy (non-hydrogen) atoms. The first-order valence-corrected chi connectivity index (χ1v) is 16.0. The molecule has 2 heteroatoms. The van der Waals surface area contributed by atoms with Crippen LogP contribution >= 0.6 is 0 Å². The van der Waals surface area contributed by atoms with Crippen molar-refractivity contribution < 1.29 is 9.53 Å². The minimum atomic E-state index is -0.172. The number of hydrogen-bond acceptors (Lipinski definition) is 2. The Kier molecular flexibility index (Phi) is 7.69. The highest BCUT2D eigenvalue weighted by molar-refractivity contribution is 5.89. The van der Waals surface area contributed by atoms with Gasteiger partial charge in [-0.25, -0.2) is 4.79 Å². The van der Waals surface area contributed by atoms with Crippen molar-refractivity contribution in [3.63, 3.8) is 0 Å². The summed E-state index contributed by atoms with van der Waals surface area (Å²) in [4.78, 5) is 13.0. The lowest BCUT2D eigenvalue weighted by atomic mass is 9.44. The minimum absolute atomic E-state index is 0.0533. The fraction of sp³-hybridized carbons (Fsp3) is 0.750. The number of rotatable bonds is 7. The first-order valence-electron chi connectivity index (χ1n) is 16.0. The number of hydrogen-bond donors (Lipinski definition) is 0. The quantitative estimate of drug-likeness (QED) is 0.265. The molecule has 1 aromatic carbocycles. The van der Waals surface area contributed by atoms with E-state index in [1.807, 2.05) is 30.3 Å². The lowest BCUT2D eigenvalue weighted by molar-refractivity contribution is -0.0827. The van der Waals surface area contributed by atoms with Gasteiger partial charge in [0.1, 0.15) is 6.10 Å². The Morgan fingerprint density at radius 2 is 1.66 bits per heavy atom. The molecule has 0 aromatic heterocycles. The van der Waals surface area contributed by atoms with Crippen LogP contribution in [0, 0.1) is 51.8 Å². The van der Waals surface area contributed by atoms with E-state index in [-0.39, 0.29) is 22.9 Å². The van der Waals surface area contributed by atoms with Crippen LogP contribution < -0.4 is 0 Å².